The lowest BCUT2D eigenvalue weighted by molar-refractivity contribution is -0.430. The zero-order valence-electron chi connectivity index (χ0n) is 21.8. The fourth-order valence-electron chi connectivity index (χ4n) is 8.48. The predicted octanol–water partition coefficient (Wildman–Crippen LogP) is 2.54. The summed E-state index contributed by atoms with van der Waals surface area (Å²) in [6.45, 7) is 11.6. The molecule has 0 aromatic heterocycles. The summed E-state index contributed by atoms with van der Waals surface area (Å²) < 4.78 is 26.6. The normalized spacial score (nSPS) is 54.0. The molecule has 3 saturated heterocycles. The van der Waals surface area contributed by atoms with Gasteiger partial charge in [-0.1, -0.05) is 52.2 Å². The Kier molecular flexibility index (Phi) is 5.39. The Morgan fingerprint density at radius 1 is 1.17 bits per heavy atom. The van der Waals surface area contributed by atoms with Gasteiger partial charge in [-0.3, -0.25) is 4.79 Å². The minimum Gasteiger partial charge on any atom is -0.393 e. The molecule has 2 saturated carbocycles. The fraction of sp³-hybridized carbons (Fsp3) is 0.821. The van der Waals surface area contributed by atoms with Crippen molar-refractivity contribution in [3.05, 3.63) is 23.8 Å². The molecule has 5 fully saturated rings. The number of aliphatic hydroxyl groups is 3. The van der Waals surface area contributed by atoms with Crippen LogP contribution in [0.3, 0.4) is 0 Å². The van der Waals surface area contributed by atoms with Crippen LogP contribution in [0.2, 0.25) is 0 Å². The highest BCUT2D eigenvalue weighted by Gasteiger charge is 2.88. The van der Waals surface area contributed by atoms with E-state index < -0.39 is 70.9 Å². The van der Waals surface area contributed by atoms with E-state index in [1.807, 2.05) is 6.92 Å². The second-order valence-electron chi connectivity index (χ2n) is 12.3. The summed E-state index contributed by atoms with van der Waals surface area (Å²) in [6, 6.07) is 0. The fourth-order valence-corrected chi connectivity index (χ4v) is 8.48. The molecule has 2 unspecified atom stereocenters. The Morgan fingerprint density at radius 3 is 2.56 bits per heavy atom. The predicted molar refractivity (Wildman–Crippen MR) is 129 cm³/mol. The lowest BCUT2D eigenvalue weighted by Crippen LogP contribution is -2.72. The third-order valence-corrected chi connectivity index (χ3v) is 10.3. The number of Topliss-reactive ketones (excluding diaryl/α,β-unsaturated/α-hetero) is 1. The van der Waals surface area contributed by atoms with E-state index >= 15 is 0 Å². The van der Waals surface area contributed by atoms with Crippen LogP contribution in [-0.4, -0.2) is 74.4 Å². The first-order chi connectivity index (χ1) is 17.0. The van der Waals surface area contributed by atoms with Gasteiger partial charge in [0.25, 0.3) is 5.97 Å². The first kappa shape index (κ1) is 25.2. The quantitative estimate of drug-likeness (QED) is 0.262. The van der Waals surface area contributed by atoms with Crippen LogP contribution in [0.1, 0.15) is 72.6 Å². The van der Waals surface area contributed by atoms with E-state index in [2.05, 4.69) is 20.4 Å². The number of epoxide rings is 1. The Labute approximate surface area is 212 Å². The van der Waals surface area contributed by atoms with Crippen molar-refractivity contribution in [2.45, 2.75) is 119 Å². The van der Waals surface area contributed by atoms with Crippen LogP contribution in [0, 0.1) is 17.8 Å². The highest BCUT2D eigenvalue weighted by Crippen LogP contribution is 2.73. The molecule has 200 valence electrons. The minimum atomic E-state index is -2.17. The molecule has 0 spiro atoms. The van der Waals surface area contributed by atoms with E-state index in [0.717, 1.165) is 31.3 Å². The molecule has 3 aliphatic carbocycles. The van der Waals surface area contributed by atoms with Gasteiger partial charge in [0.05, 0.1) is 12.2 Å². The number of hydrogen-bond acceptors (Lipinski definition) is 8. The average molecular weight is 505 g/mol. The first-order valence-corrected chi connectivity index (χ1v) is 13.7. The van der Waals surface area contributed by atoms with E-state index in [1.165, 1.54) is 6.42 Å². The molecule has 3 aliphatic heterocycles. The van der Waals surface area contributed by atoms with Gasteiger partial charge in [-0.25, -0.2) is 0 Å². The zero-order chi connectivity index (χ0) is 25.9. The molecule has 3 N–H and O–H groups in total. The molecule has 3 heterocycles. The number of carbonyl (C=O) groups is 1. The molecule has 11 atom stereocenters. The van der Waals surface area contributed by atoms with E-state index in [0.29, 0.717) is 18.4 Å². The topological polar surface area (TPSA) is 118 Å². The Bertz CT molecular complexity index is 1030. The van der Waals surface area contributed by atoms with Crippen LogP contribution < -0.4 is 0 Å². The highest BCUT2D eigenvalue weighted by atomic mass is 16.9. The van der Waals surface area contributed by atoms with Crippen LogP contribution in [0.5, 0.6) is 0 Å². The Hall–Kier alpha value is -1.13. The van der Waals surface area contributed by atoms with Gasteiger partial charge < -0.3 is 34.3 Å². The molecular weight excluding hydrogens is 464 g/mol. The number of ketones is 1. The van der Waals surface area contributed by atoms with Crippen molar-refractivity contribution in [2.24, 2.45) is 17.8 Å². The molecule has 6 aliphatic rings. The van der Waals surface area contributed by atoms with Crippen LogP contribution in [-0.2, 0) is 23.7 Å². The van der Waals surface area contributed by atoms with Crippen molar-refractivity contribution in [1.29, 1.82) is 0 Å². The van der Waals surface area contributed by atoms with Crippen LogP contribution in [0.25, 0.3) is 0 Å². The van der Waals surface area contributed by atoms with E-state index in [-0.39, 0.29) is 5.92 Å². The number of ether oxygens (including phenoxy) is 4. The van der Waals surface area contributed by atoms with Crippen molar-refractivity contribution >= 4 is 5.78 Å². The molecule has 6 rings (SSSR count). The van der Waals surface area contributed by atoms with Crippen molar-refractivity contribution < 1.29 is 39.1 Å². The molecule has 3 bridgehead atoms. The Morgan fingerprint density at radius 2 is 1.89 bits per heavy atom. The number of unbranched alkanes of at least 4 members (excludes halogenated alkanes) is 4. The summed E-state index contributed by atoms with van der Waals surface area (Å²) in [4.78, 5) is 13.5. The van der Waals surface area contributed by atoms with Gasteiger partial charge in [0.1, 0.15) is 29.5 Å². The molecule has 36 heavy (non-hydrogen) atoms. The maximum atomic E-state index is 13.5. The second-order valence-corrected chi connectivity index (χ2v) is 12.3. The van der Waals surface area contributed by atoms with Gasteiger partial charge in [-0.15, -0.1) is 0 Å². The van der Waals surface area contributed by atoms with Crippen LogP contribution in [0.15, 0.2) is 23.8 Å². The smallest absolute Gasteiger partial charge is 0.284 e. The third-order valence-electron chi connectivity index (χ3n) is 10.3. The SMILES string of the molecule is C=C(C)[C@]12C[C@@H](C)C34OC(CCCCCCC)(O[C@@H]1[C@@H]3[C@@H]1O[C@]1(CO)[C@@H](O)[C@]1(O)C(=O)C(C)=C[C@@H]41)O2. The molecule has 0 amide bonds. The summed E-state index contributed by atoms with van der Waals surface area (Å²) in [5, 5.41) is 34.0. The van der Waals surface area contributed by atoms with E-state index in [9.17, 15) is 20.1 Å². The largest absolute Gasteiger partial charge is 0.393 e. The summed E-state index contributed by atoms with van der Waals surface area (Å²) in [6.07, 6.45) is 5.35. The monoisotopic (exact) mass is 504 g/mol. The summed E-state index contributed by atoms with van der Waals surface area (Å²) in [5.41, 5.74) is -4.36. The van der Waals surface area contributed by atoms with Crippen LogP contribution in [0.4, 0.5) is 0 Å². The Balaban J connectivity index is 1.50. The van der Waals surface area contributed by atoms with Gasteiger partial charge >= 0.3 is 0 Å². The average Bonchev–Trinajstić information content (AvgIpc) is 3.48. The lowest BCUT2D eigenvalue weighted by atomic mass is 9.54. The van der Waals surface area contributed by atoms with Gasteiger partial charge in [-0.05, 0) is 43.8 Å². The lowest BCUT2D eigenvalue weighted by Gasteiger charge is -2.59. The molecular formula is C28H40O8. The van der Waals surface area contributed by atoms with E-state index in [1.54, 1.807) is 13.0 Å². The highest BCUT2D eigenvalue weighted by molar-refractivity contribution is 6.05. The van der Waals surface area contributed by atoms with Crippen molar-refractivity contribution in [2.75, 3.05) is 6.61 Å². The third kappa shape index (κ3) is 2.72. The van der Waals surface area contributed by atoms with Crippen molar-refractivity contribution in [1.82, 2.24) is 0 Å². The van der Waals surface area contributed by atoms with E-state index in [4.69, 9.17) is 18.9 Å². The summed E-state index contributed by atoms with van der Waals surface area (Å²) in [5.74, 6) is -3.37. The van der Waals surface area contributed by atoms with Gasteiger partial charge in [0.2, 0.25) is 0 Å². The minimum absolute atomic E-state index is 0.182. The molecule has 8 heteroatoms. The molecule has 0 radical (unpaired) electrons. The van der Waals surface area contributed by atoms with Gasteiger partial charge in [0, 0.05) is 18.3 Å². The maximum absolute atomic E-state index is 13.5. The standard InChI is InChI=1S/C28H40O8/c1-6-7-8-9-10-11-26-34-21-19-22-25(14-29,33-22)23(31)27(32)18(12-16(4)20(27)30)28(19,36-26)17(5)13-24(21,35-26)15(2)3/h12,17-19,21-23,29,31-32H,2,6-11,13-14H2,1,3-5H3/t17-,18-,19-,21-,22+,23-,24-,25+,26?,27-,28?/m1/s1. The van der Waals surface area contributed by atoms with Gasteiger partial charge in [0.15, 0.2) is 11.4 Å². The van der Waals surface area contributed by atoms with Crippen molar-refractivity contribution in [3.8, 4) is 0 Å². The molecule has 0 aromatic carbocycles. The number of hydrogen-bond donors (Lipinski definition) is 3. The second kappa shape index (κ2) is 7.72. The number of fused-ring (bicyclic) bond motifs is 3. The number of aliphatic hydroxyl groups excluding tert-OH is 2. The van der Waals surface area contributed by atoms with Crippen molar-refractivity contribution in [3.63, 3.8) is 0 Å². The number of rotatable bonds is 8. The zero-order valence-corrected chi connectivity index (χ0v) is 21.8. The molecule has 8 nitrogen and oxygen atoms in total. The summed E-state index contributed by atoms with van der Waals surface area (Å²) >= 11 is 0. The van der Waals surface area contributed by atoms with Crippen LogP contribution >= 0.6 is 0 Å². The van der Waals surface area contributed by atoms with Gasteiger partial charge in [-0.2, -0.15) is 0 Å². The molecule has 0 aromatic rings. The maximum Gasteiger partial charge on any atom is 0.284 e. The number of carbonyl (C=O) groups excluding carboxylic acids is 1. The summed E-state index contributed by atoms with van der Waals surface area (Å²) in [7, 11) is 0. The first-order valence-electron chi connectivity index (χ1n) is 13.7.